The molecule has 2 aliphatic rings. The highest BCUT2D eigenvalue weighted by molar-refractivity contribution is 5.76. The molecule has 1 spiro atoms. The maximum absolute atomic E-state index is 14.0. The minimum absolute atomic E-state index is 0.0959. The zero-order valence-corrected chi connectivity index (χ0v) is 14.9. The number of nitrogens with zero attached hydrogens (tertiary/aromatic N) is 5. The summed E-state index contributed by atoms with van der Waals surface area (Å²) in [5.41, 5.74) is 0.892. The summed E-state index contributed by atoms with van der Waals surface area (Å²) in [4.78, 5) is 20.7. The van der Waals surface area contributed by atoms with Gasteiger partial charge in [0.1, 0.15) is 25.0 Å². The number of benzene rings is 1. The lowest BCUT2D eigenvalue weighted by atomic mass is 9.79. The number of aromatic nitrogens is 3. The maximum atomic E-state index is 14.0. The first-order chi connectivity index (χ1) is 12.6. The lowest BCUT2D eigenvalue weighted by Crippen LogP contribution is -2.45. The minimum atomic E-state index is -0.136. The van der Waals surface area contributed by atoms with Crippen molar-refractivity contribution in [2.24, 2.45) is 5.41 Å². The normalized spacial score (nSPS) is 23.7. The Kier molecular flexibility index (Phi) is 4.72. The number of halogens is 1. The minimum Gasteiger partial charge on any atom is -0.340 e. The summed E-state index contributed by atoms with van der Waals surface area (Å²) in [5.74, 6) is -0.0400. The van der Waals surface area contributed by atoms with Gasteiger partial charge >= 0.3 is 0 Å². The van der Waals surface area contributed by atoms with Gasteiger partial charge in [0, 0.05) is 37.2 Å². The van der Waals surface area contributed by atoms with Crippen LogP contribution in [0.3, 0.4) is 0 Å². The molecular weight excluding hydrogens is 333 g/mol. The molecule has 26 heavy (non-hydrogen) atoms. The van der Waals surface area contributed by atoms with E-state index in [0.717, 1.165) is 51.0 Å². The highest BCUT2D eigenvalue weighted by atomic mass is 19.1. The van der Waals surface area contributed by atoms with Crippen LogP contribution in [0.5, 0.6) is 0 Å². The molecule has 2 aromatic rings. The second kappa shape index (κ2) is 7.15. The number of rotatable bonds is 4. The number of amides is 1. The fraction of sp³-hybridized carbons (Fsp3) is 0.526. The van der Waals surface area contributed by atoms with Crippen molar-refractivity contribution in [3.63, 3.8) is 0 Å². The van der Waals surface area contributed by atoms with Crippen LogP contribution in [0.15, 0.2) is 36.9 Å². The molecule has 1 amide bonds. The Morgan fingerprint density at radius 1 is 1.19 bits per heavy atom. The molecule has 0 bridgehead atoms. The molecule has 1 aromatic heterocycles. The van der Waals surface area contributed by atoms with Crippen molar-refractivity contribution in [3.8, 4) is 0 Å². The van der Waals surface area contributed by atoms with E-state index in [0.29, 0.717) is 6.54 Å². The van der Waals surface area contributed by atoms with Crippen molar-refractivity contribution < 1.29 is 9.18 Å². The van der Waals surface area contributed by atoms with E-state index in [2.05, 4.69) is 15.0 Å². The summed E-state index contributed by atoms with van der Waals surface area (Å²) in [6.07, 6.45) is 6.26. The molecule has 0 radical (unpaired) electrons. The van der Waals surface area contributed by atoms with E-state index in [-0.39, 0.29) is 23.7 Å². The Hall–Kier alpha value is -2.28. The van der Waals surface area contributed by atoms with Crippen molar-refractivity contribution in [3.05, 3.63) is 48.3 Å². The standard InChI is InChI=1S/C19H24FN5O/c20-17-5-2-1-4-16(17)10-23-8-3-6-19(12-23)7-9-24(13-19)18(26)11-25-15-21-14-22-25/h1-2,4-5,14-15H,3,6-13H2. The molecule has 2 aliphatic heterocycles. The van der Waals surface area contributed by atoms with Gasteiger partial charge in [0.2, 0.25) is 5.91 Å². The van der Waals surface area contributed by atoms with Crippen LogP contribution in [-0.4, -0.2) is 56.7 Å². The Bertz CT molecular complexity index is 765. The van der Waals surface area contributed by atoms with Crippen LogP contribution in [0.1, 0.15) is 24.8 Å². The van der Waals surface area contributed by atoms with E-state index >= 15 is 0 Å². The zero-order chi connectivity index (χ0) is 18.0. The molecular formula is C19H24FN5O. The molecule has 0 aliphatic carbocycles. The average Bonchev–Trinajstić information content (AvgIpc) is 3.28. The summed E-state index contributed by atoms with van der Waals surface area (Å²) in [6, 6.07) is 7.00. The van der Waals surface area contributed by atoms with Gasteiger partial charge in [-0.2, -0.15) is 5.10 Å². The second-order valence-corrected chi connectivity index (χ2v) is 7.56. The quantitative estimate of drug-likeness (QED) is 0.839. The molecule has 1 unspecified atom stereocenters. The van der Waals surface area contributed by atoms with Crippen molar-refractivity contribution >= 4 is 5.91 Å². The smallest absolute Gasteiger partial charge is 0.244 e. The molecule has 3 heterocycles. The van der Waals surface area contributed by atoms with Crippen molar-refractivity contribution in [2.45, 2.75) is 32.4 Å². The number of carbonyl (C=O) groups excluding carboxylic acids is 1. The Labute approximate surface area is 152 Å². The first-order valence-electron chi connectivity index (χ1n) is 9.20. The molecule has 4 rings (SSSR count). The first kappa shape index (κ1) is 17.1. The van der Waals surface area contributed by atoms with Gasteiger partial charge in [0.25, 0.3) is 0 Å². The second-order valence-electron chi connectivity index (χ2n) is 7.56. The largest absolute Gasteiger partial charge is 0.340 e. The summed E-state index contributed by atoms with van der Waals surface area (Å²) in [5, 5.41) is 4.01. The molecule has 0 saturated carbocycles. The third kappa shape index (κ3) is 3.62. The summed E-state index contributed by atoms with van der Waals surface area (Å²) in [7, 11) is 0. The third-order valence-corrected chi connectivity index (χ3v) is 5.65. The van der Waals surface area contributed by atoms with Crippen molar-refractivity contribution in [2.75, 3.05) is 26.2 Å². The monoisotopic (exact) mass is 357 g/mol. The summed E-state index contributed by atoms with van der Waals surface area (Å²) < 4.78 is 15.5. The fourth-order valence-corrected chi connectivity index (χ4v) is 4.35. The van der Waals surface area contributed by atoms with Gasteiger partial charge in [-0.3, -0.25) is 9.69 Å². The highest BCUT2D eigenvalue weighted by Crippen LogP contribution is 2.39. The number of carbonyl (C=O) groups is 1. The van der Waals surface area contributed by atoms with Crippen LogP contribution < -0.4 is 0 Å². The van der Waals surface area contributed by atoms with Gasteiger partial charge in [0.05, 0.1) is 0 Å². The summed E-state index contributed by atoms with van der Waals surface area (Å²) >= 11 is 0. The van der Waals surface area contributed by atoms with E-state index in [1.807, 2.05) is 17.0 Å². The maximum Gasteiger partial charge on any atom is 0.244 e. The SMILES string of the molecule is O=C(Cn1cncn1)N1CCC2(CCCN(Cc3ccccc3F)C2)C1. The van der Waals surface area contributed by atoms with Gasteiger partial charge in [-0.1, -0.05) is 18.2 Å². The predicted molar refractivity (Wildman–Crippen MR) is 94.6 cm³/mol. The van der Waals surface area contributed by atoms with Gasteiger partial charge in [-0.25, -0.2) is 14.1 Å². The van der Waals surface area contributed by atoms with Crippen LogP contribution in [-0.2, 0) is 17.9 Å². The van der Waals surface area contributed by atoms with Crippen LogP contribution in [0.4, 0.5) is 4.39 Å². The molecule has 7 heteroatoms. The predicted octanol–water partition coefficient (Wildman–Crippen LogP) is 1.93. The molecule has 2 saturated heterocycles. The van der Waals surface area contributed by atoms with Gasteiger partial charge in [0.15, 0.2) is 0 Å². The van der Waals surface area contributed by atoms with E-state index < -0.39 is 0 Å². The topological polar surface area (TPSA) is 54.3 Å². The molecule has 1 atom stereocenters. The zero-order valence-electron chi connectivity index (χ0n) is 14.9. The Morgan fingerprint density at radius 2 is 2.08 bits per heavy atom. The van der Waals surface area contributed by atoms with Crippen LogP contribution in [0.2, 0.25) is 0 Å². The van der Waals surface area contributed by atoms with Gasteiger partial charge in [-0.05, 0) is 31.9 Å². The fourth-order valence-electron chi connectivity index (χ4n) is 4.35. The van der Waals surface area contributed by atoms with Crippen molar-refractivity contribution in [1.29, 1.82) is 0 Å². The number of piperidine rings is 1. The molecule has 1 aromatic carbocycles. The molecule has 6 nitrogen and oxygen atoms in total. The molecule has 2 fully saturated rings. The van der Waals surface area contributed by atoms with Gasteiger partial charge < -0.3 is 4.90 Å². The van der Waals surface area contributed by atoms with Crippen LogP contribution in [0, 0.1) is 11.2 Å². The van der Waals surface area contributed by atoms with E-state index in [1.54, 1.807) is 17.1 Å². The Balaban J connectivity index is 1.38. The van der Waals surface area contributed by atoms with Gasteiger partial charge in [-0.15, -0.1) is 0 Å². The Morgan fingerprint density at radius 3 is 2.88 bits per heavy atom. The van der Waals surface area contributed by atoms with E-state index in [4.69, 9.17) is 0 Å². The number of likely N-dealkylation sites (tertiary alicyclic amines) is 2. The molecule has 0 N–H and O–H groups in total. The van der Waals surface area contributed by atoms with Crippen molar-refractivity contribution in [1.82, 2.24) is 24.6 Å². The average molecular weight is 357 g/mol. The number of hydrogen-bond donors (Lipinski definition) is 0. The third-order valence-electron chi connectivity index (χ3n) is 5.65. The van der Waals surface area contributed by atoms with Crippen LogP contribution in [0.25, 0.3) is 0 Å². The van der Waals surface area contributed by atoms with E-state index in [9.17, 15) is 9.18 Å². The van der Waals surface area contributed by atoms with E-state index in [1.165, 1.54) is 12.4 Å². The lowest BCUT2D eigenvalue weighted by molar-refractivity contribution is -0.131. The number of hydrogen-bond acceptors (Lipinski definition) is 4. The van der Waals surface area contributed by atoms with Crippen LogP contribution >= 0.6 is 0 Å². The first-order valence-corrected chi connectivity index (χ1v) is 9.20. The highest BCUT2D eigenvalue weighted by Gasteiger charge is 2.42. The lowest BCUT2D eigenvalue weighted by Gasteiger charge is -2.40. The summed E-state index contributed by atoms with van der Waals surface area (Å²) in [6.45, 7) is 4.38. The molecule has 138 valence electrons.